The summed E-state index contributed by atoms with van der Waals surface area (Å²) < 4.78 is 0. The summed E-state index contributed by atoms with van der Waals surface area (Å²) in [7, 11) is 0. The number of aliphatic hydroxyl groups is 1. The number of rotatable bonds is 10. The van der Waals surface area contributed by atoms with Crippen LogP contribution in [-0.4, -0.2) is 18.0 Å². The first-order valence-electron chi connectivity index (χ1n) is 6.47. The molecule has 0 radical (unpaired) electrons. The highest BCUT2D eigenvalue weighted by Gasteiger charge is 1.91. The molecule has 0 rings (SSSR count). The van der Waals surface area contributed by atoms with E-state index in [-0.39, 0.29) is 0 Å². The zero-order valence-corrected chi connectivity index (χ0v) is 11.6. The van der Waals surface area contributed by atoms with E-state index in [0.29, 0.717) is 6.61 Å². The van der Waals surface area contributed by atoms with E-state index >= 15 is 0 Å². The zero-order chi connectivity index (χ0) is 11.8. The molecule has 0 atom stereocenters. The third-order valence-electron chi connectivity index (χ3n) is 2.51. The average molecular weight is 234 g/mol. The first kappa shape index (κ1) is 17.7. The quantitative estimate of drug-likeness (QED) is 0.423. The standard InChI is InChI=1S/C12H26O.CH4S/c1-2-3-4-5-6-7-8-9-10-11-12-13;1-2/h13H,2-12H2,1H3;2H,1H3. The summed E-state index contributed by atoms with van der Waals surface area (Å²) >= 11 is 3.53. The van der Waals surface area contributed by atoms with Crippen molar-refractivity contribution in [3.63, 3.8) is 0 Å². The van der Waals surface area contributed by atoms with Gasteiger partial charge in [-0.1, -0.05) is 64.7 Å². The maximum Gasteiger partial charge on any atom is 0.0431 e. The molecule has 0 aliphatic carbocycles. The van der Waals surface area contributed by atoms with E-state index in [1.807, 2.05) is 0 Å². The van der Waals surface area contributed by atoms with E-state index in [2.05, 4.69) is 19.6 Å². The Bertz CT molecular complexity index is 76.6. The van der Waals surface area contributed by atoms with E-state index in [1.54, 1.807) is 6.26 Å². The Labute approximate surface area is 102 Å². The highest BCUT2D eigenvalue weighted by molar-refractivity contribution is 7.79. The van der Waals surface area contributed by atoms with Crippen LogP contribution < -0.4 is 0 Å². The van der Waals surface area contributed by atoms with E-state index in [1.165, 1.54) is 57.8 Å². The lowest BCUT2D eigenvalue weighted by molar-refractivity contribution is 0.282. The van der Waals surface area contributed by atoms with Crippen LogP contribution in [0.5, 0.6) is 0 Å². The van der Waals surface area contributed by atoms with Gasteiger partial charge >= 0.3 is 0 Å². The number of hydrogen-bond acceptors (Lipinski definition) is 2. The third kappa shape index (κ3) is 20.4. The minimum Gasteiger partial charge on any atom is -0.396 e. The summed E-state index contributed by atoms with van der Waals surface area (Å²) in [6.07, 6.45) is 15.0. The van der Waals surface area contributed by atoms with Gasteiger partial charge < -0.3 is 5.11 Å². The molecule has 1 N–H and O–H groups in total. The Morgan fingerprint density at radius 1 is 0.667 bits per heavy atom. The predicted octanol–water partition coefficient (Wildman–Crippen LogP) is 4.45. The van der Waals surface area contributed by atoms with E-state index in [4.69, 9.17) is 5.11 Å². The molecule has 0 aromatic rings. The summed E-state index contributed by atoms with van der Waals surface area (Å²) in [5.41, 5.74) is 0. The van der Waals surface area contributed by atoms with Gasteiger partial charge in [0, 0.05) is 6.61 Å². The molecule has 0 amide bonds. The minimum absolute atomic E-state index is 0.372. The van der Waals surface area contributed by atoms with Crippen molar-refractivity contribution >= 4 is 12.6 Å². The van der Waals surface area contributed by atoms with Gasteiger partial charge in [0.1, 0.15) is 0 Å². The van der Waals surface area contributed by atoms with E-state index in [0.717, 1.165) is 6.42 Å². The molecule has 2 heteroatoms. The molecule has 0 aromatic carbocycles. The number of aliphatic hydroxyl groups excluding tert-OH is 1. The lowest BCUT2D eigenvalue weighted by atomic mass is 10.1. The number of thiol groups is 1. The minimum atomic E-state index is 0.372. The number of unbranched alkanes of at least 4 members (excludes halogenated alkanes) is 9. The summed E-state index contributed by atoms with van der Waals surface area (Å²) in [4.78, 5) is 0. The number of hydrogen-bond donors (Lipinski definition) is 2. The molecule has 0 bridgehead atoms. The monoisotopic (exact) mass is 234 g/mol. The smallest absolute Gasteiger partial charge is 0.0431 e. The van der Waals surface area contributed by atoms with Crippen molar-refractivity contribution in [3.05, 3.63) is 0 Å². The molecule has 0 aromatic heterocycles. The average Bonchev–Trinajstić information content (AvgIpc) is 2.30. The molecule has 0 heterocycles. The second-order valence-corrected chi connectivity index (χ2v) is 3.91. The van der Waals surface area contributed by atoms with Gasteiger partial charge in [-0.05, 0) is 12.7 Å². The van der Waals surface area contributed by atoms with Crippen molar-refractivity contribution in [2.75, 3.05) is 12.9 Å². The molecule has 0 unspecified atom stereocenters. The molecule has 15 heavy (non-hydrogen) atoms. The fraction of sp³-hybridized carbons (Fsp3) is 1.00. The molecule has 0 spiro atoms. The second kappa shape index (κ2) is 19.8. The zero-order valence-electron chi connectivity index (χ0n) is 10.7. The lowest BCUT2D eigenvalue weighted by Crippen LogP contribution is -1.84. The Hall–Kier alpha value is 0.310. The van der Waals surface area contributed by atoms with Crippen LogP contribution in [0.3, 0.4) is 0 Å². The van der Waals surface area contributed by atoms with Crippen LogP contribution in [0.25, 0.3) is 0 Å². The van der Waals surface area contributed by atoms with Gasteiger partial charge in [-0.3, -0.25) is 0 Å². The van der Waals surface area contributed by atoms with Crippen LogP contribution in [0.2, 0.25) is 0 Å². The van der Waals surface area contributed by atoms with Crippen LogP contribution in [0, 0.1) is 0 Å². The van der Waals surface area contributed by atoms with Crippen LogP contribution in [0.4, 0.5) is 0 Å². The highest BCUT2D eigenvalue weighted by Crippen LogP contribution is 2.09. The summed E-state index contributed by atoms with van der Waals surface area (Å²) in [6.45, 7) is 2.63. The fourth-order valence-corrected chi connectivity index (χ4v) is 1.60. The third-order valence-corrected chi connectivity index (χ3v) is 2.51. The van der Waals surface area contributed by atoms with Gasteiger partial charge in [-0.15, -0.1) is 0 Å². The molecule has 0 fully saturated rings. The van der Waals surface area contributed by atoms with Crippen molar-refractivity contribution in [2.45, 2.75) is 71.1 Å². The van der Waals surface area contributed by atoms with Crippen LogP contribution in [-0.2, 0) is 0 Å². The molecule has 94 valence electrons. The van der Waals surface area contributed by atoms with Gasteiger partial charge in [-0.2, -0.15) is 12.6 Å². The van der Waals surface area contributed by atoms with Crippen LogP contribution in [0.15, 0.2) is 0 Å². The molecule has 0 saturated heterocycles. The van der Waals surface area contributed by atoms with Crippen molar-refractivity contribution in [3.8, 4) is 0 Å². The first-order valence-corrected chi connectivity index (χ1v) is 7.36. The molecular weight excluding hydrogens is 204 g/mol. The molecule has 0 aliphatic rings. The van der Waals surface area contributed by atoms with Gasteiger partial charge in [0.2, 0.25) is 0 Å². The summed E-state index contributed by atoms with van der Waals surface area (Å²) in [5, 5.41) is 8.57. The Morgan fingerprint density at radius 3 is 1.33 bits per heavy atom. The topological polar surface area (TPSA) is 20.2 Å². The van der Waals surface area contributed by atoms with E-state index < -0.39 is 0 Å². The highest BCUT2D eigenvalue weighted by atomic mass is 32.1. The SMILES string of the molecule is CCCCCCCCCCCCO.CS. The van der Waals surface area contributed by atoms with Gasteiger partial charge in [0.15, 0.2) is 0 Å². The fourth-order valence-electron chi connectivity index (χ4n) is 1.60. The van der Waals surface area contributed by atoms with Crippen LogP contribution >= 0.6 is 12.6 Å². The van der Waals surface area contributed by atoms with Crippen molar-refractivity contribution < 1.29 is 5.11 Å². The predicted molar refractivity (Wildman–Crippen MR) is 73.8 cm³/mol. The van der Waals surface area contributed by atoms with Crippen molar-refractivity contribution in [2.24, 2.45) is 0 Å². The molecule has 0 aliphatic heterocycles. The Morgan fingerprint density at radius 2 is 1.00 bits per heavy atom. The maximum atomic E-state index is 8.57. The second-order valence-electron chi connectivity index (χ2n) is 3.91. The first-order chi connectivity index (χ1) is 7.41. The van der Waals surface area contributed by atoms with Gasteiger partial charge in [0.25, 0.3) is 0 Å². The largest absolute Gasteiger partial charge is 0.396 e. The molecule has 0 saturated carbocycles. The van der Waals surface area contributed by atoms with Gasteiger partial charge in [0.05, 0.1) is 0 Å². The van der Waals surface area contributed by atoms with E-state index in [9.17, 15) is 0 Å². The summed E-state index contributed by atoms with van der Waals surface area (Å²) in [6, 6.07) is 0. The van der Waals surface area contributed by atoms with Crippen molar-refractivity contribution in [1.29, 1.82) is 0 Å². The Kier molecular flexibility index (Phi) is 23.4. The summed E-state index contributed by atoms with van der Waals surface area (Å²) in [5.74, 6) is 0. The lowest BCUT2D eigenvalue weighted by Gasteiger charge is -2.00. The Balaban J connectivity index is 0. The van der Waals surface area contributed by atoms with Crippen LogP contribution in [0.1, 0.15) is 71.1 Å². The van der Waals surface area contributed by atoms with Gasteiger partial charge in [-0.25, -0.2) is 0 Å². The maximum absolute atomic E-state index is 8.57. The van der Waals surface area contributed by atoms with Crippen molar-refractivity contribution in [1.82, 2.24) is 0 Å². The molecule has 1 nitrogen and oxygen atoms in total. The molecular formula is C13H30OS. The normalized spacial score (nSPS) is 9.60.